The van der Waals surface area contributed by atoms with Crippen LogP contribution in [-0.2, 0) is 11.8 Å². The fourth-order valence-electron chi connectivity index (χ4n) is 3.22. The minimum absolute atomic E-state index is 0.00456. The highest BCUT2D eigenvalue weighted by Crippen LogP contribution is 2.30. The van der Waals surface area contributed by atoms with E-state index in [-0.39, 0.29) is 22.8 Å². The van der Waals surface area contributed by atoms with Crippen LogP contribution in [0.1, 0.15) is 37.7 Å². The summed E-state index contributed by atoms with van der Waals surface area (Å²) in [5.41, 5.74) is 0.500. The van der Waals surface area contributed by atoms with Gasteiger partial charge in [-0.05, 0) is 37.1 Å². The van der Waals surface area contributed by atoms with Gasteiger partial charge in [0.25, 0.3) is 0 Å². The number of halogens is 2. The first-order valence-electron chi connectivity index (χ1n) is 8.24. The number of rotatable bonds is 4. The molecule has 126 valence electrons. The summed E-state index contributed by atoms with van der Waals surface area (Å²) in [4.78, 5) is 16.4. The molecule has 2 aromatic rings. The number of carbonyl (C=O) groups is 1. The smallest absolute Gasteiger partial charge is 0.158 e. The third-order valence-corrected chi connectivity index (χ3v) is 4.52. The highest BCUT2D eigenvalue weighted by molar-refractivity contribution is 5.96. The molecule has 3 rings (SSSR count). The second-order valence-corrected chi connectivity index (χ2v) is 6.31. The van der Waals surface area contributed by atoms with E-state index in [9.17, 15) is 13.6 Å². The largest absolute Gasteiger partial charge is 0.340 e. The Kier molecular flexibility index (Phi) is 4.88. The maximum Gasteiger partial charge on any atom is 0.158 e. The van der Waals surface area contributed by atoms with Crippen molar-refractivity contribution in [2.45, 2.75) is 32.1 Å². The predicted octanol–water partition coefficient (Wildman–Crippen LogP) is 4.53. The third kappa shape index (κ3) is 3.45. The van der Waals surface area contributed by atoms with E-state index in [1.165, 1.54) is 18.5 Å². The first-order valence-corrected chi connectivity index (χ1v) is 8.24. The zero-order valence-corrected chi connectivity index (χ0v) is 13.6. The van der Waals surface area contributed by atoms with Crippen LogP contribution in [0.3, 0.4) is 0 Å². The van der Waals surface area contributed by atoms with Crippen molar-refractivity contribution in [3.05, 3.63) is 47.9 Å². The van der Waals surface area contributed by atoms with Crippen molar-refractivity contribution in [3.8, 4) is 11.3 Å². The molecule has 0 radical (unpaired) electrons. The van der Waals surface area contributed by atoms with Gasteiger partial charge in [-0.25, -0.2) is 13.8 Å². The Hall–Kier alpha value is -2.30. The standard InChI is InChI=1S/C19H20F2N2O/c1-23-11-17(22-12-23)19-14(15(20)8-9-16(19)21)7-10-18(24)13-5-3-2-4-6-13/h7-13H,2-6H2,1H3/b10-7+. The lowest BCUT2D eigenvalue weighted by atomic mass is 9.86. The van der Waals surface area contributed by atoms with E-state index in [0.29, 0.717) is 5.69 Å². The summed E-state index contributed by atoms with van der Waals surface area (Å²) < 4.78 is 30.2. The van der Waals surface area contributed by atoms with Gasteiger partial charge in [-0.2, -0.15) is 0 Å². The Balaban J connectivity index is 1.93. The number of aromatic nitrogens is 2. The average molecular weight is 330 g/mol. The van der Waals surface area contributed by atoms with Crippen LogP contribution in [0.4, 0.5) is 8.78 Å². The second kappa shape index (κ2) is 7.07. The first-order chi connectivity index (χ1) is 11.6. The molecule has 1 aromatic carbocycles. The summed E-state index contributed by atoms with van der Waals surface area (Å²) >= 11 is 0. The third-order valence-electron chi connectivity index (χ3n) is 4.52. The SMILES string of the molecule is Cn1cnc(-c2c(F)ccc(F)c2/C=C/C(=O)C2CCCCC2)c1. The number of aryl methyl sites for hydroxylation is 1. The fraction of sp³-hybridized carbons (Fsp3) is 0.368. The molecule has 0 bridgehead atoms. The molecule has 3 nitrogen and oxygen atoms in total. The lowest BCUT2D eigenvalue weighted by molar-refractivity contribution is -0.119. The van der Waals surface area contributed by atoms with Gasteiger partial charge in [-0.15, -0.1) is 0 Å². The molecule has 5 heteroatoms. The average Bonchev–Trinajstić information content (AvgIpc) is 3.02. The molecule has 0 saturated heterocycles. The lowest BCUT2D eigenvalue weighted by Gasteiger charge is -2.18. The van der Waals surface area contributed by atoms with Gasteiger partial charge in [-0.1, -0.05) is 19.3 Å². The molecule has 24 heavy (non-hydrogen) atoms. The number of ketones is 1. The minimum Gasteiger partial charge on any atom is -0.340 e. The Morgan fingerprint density at radius 2 is 1.92 bits per heavy atom. The van der Waals surface area contributed by atoms with Gasteiger partial charge < -0.3 is 4.57 Å². The number of allylic oxidation sites excluding steroid dienone is 1. The van der Waals surface area contributed by atoms with Crippen LogP contribution in [0.15, 0.2) is 30.7 Å². The zero-order chi connectivity index (χ0) is 17.1. The van der Waals surface area contributed by atoms with E-state index in [1.807, 2.05) is 0 Å². The van der Waals surface area contributed by atoms with Crippen LogP contribution in [0, 0.1) is 17.6 Å². The van der Waals surface area contributed by atoms with Crippen LogP contribution in [0.5, 0.6) is 0 Å². The maximum absolute atomic E-state index is 14.3. The highest BCUT2D eigenvalue weighted by atomic mass is 19.1. The van der Waals surface area contributed by atoms with Crippen molar-refractivity contribution in [2.75, 3.05) is 0 Å². The Morgan fingerprint density at radius 1 is 1.21 bits per heavy atom. The van der Waals surface area contributed by atoms with Crippen molar-refractivity contribution >= 4 is 11.9 Å². The van der Waals surface area contributed by atoms with E-state index >= 15 is 0 Å². The zero-order valence-electron chi connectivity index (χ0n) is 13.6. The van der Waals surface area contributed by atoms with Gasteiger partial charge in [0, 0.05) is 30.3 Å². The fourth-order valence-corrected chi connectivity index (χ4v) is 3.22. The highest BCUT2D eigenvalue weighted by Gasteiger charge is 2.20. The van der Waals surface area contributed by atoms with Crippen LogP contribution in [-0.4, -0.2) is 15.3 Å². The monoisotopic (exact) mass is 330 g/mol. The molecule has 0 spiro atoms. The second-order valence-electron chi connectivity index (χ2n) is 6.31. The predicted molar refractivity (Wildman–Crippen MR) is 89.2 cm³/mol. The van der Waals surface area contributed by atoms with Crippen molar-refractivity contribution < 1.29 is 13.6 Å². The lowest BCUT2D eigenvalue weighted by Crippen LogP contribution is -2.15. The van der Waals surface area contributed by atoms with Crippen LogP contribution < -0.4 is 0 Å². The molecule has 1 aliphatic carbocycles. The summed E-state index contributed by atoms with van der Waals surface area (Å²) in [6.07, 6.45) is 11.0. The number of imidazole rings is 1. The molecule has 0 N–H and O–H groups in total. The summed E-state index contributed by atoms with van der Waals surface area (Å²) in [5, 5.41) is 0. The Labute approximate surface area is 140 Å². The molecule has 1 aromatic heterocycles. The van der Waals surface area contributed by atoms with Gasteiger partial charge in [0.2, 0.25) is 0 Å². The van der Waals surface area contributed by atoms with E-state index < -0.39 is 11.6 Å². The quantitative estimate of drug-likeness (QED) is 0.772. The number of benzene rings is 1. The van der Waals surface area contributed by atoms with Crippen molar-refractivity contribution in [2.24, 2.45) is 13.0 Å². The molecule has 0 atom stereocenters. The van der Waals surface area contributed by atoms with Gasteiger partial charge >= 0.3 is 0 Å². The summed E-state index contributed by atoms with van der Waals surface area (Å²) in [6.45, 7) is 0. The molecule has 1 saturated carbocycles. The molecular weight excluding hydrogens is 310 g/mol. The number of hydrogen-bond acceptors (Lipinski definition) is 2. The van der Waals surface area contributed by atoms with Gasteiger partial charge in [0.1, 0.15) is 11.6 Å². The minimum atomic E-state index is -0.565. The number of carbonyl (C=O) groups excluding carboxylic acids is 1. The summed E-state index contributed by atoms with van der Waals surface area (Å²) in [7, 11) is 1.76. The number of hydrogen-bond donors (Lipinski definition) is 0. The Morgan fingerprint density at radius 3 is 2.58 bits per heavy atom. The molecule has 0 amide bonds. The van der Waals surface area contributed by atoms with Gasteiger partial charge in [0.15, 0.2) is 5.78 Å². The molecular formula is C19H20F2N2O. The van der Waals surface area contributed by atoms with Crippen molar-refractivity contribution in [3.63, 3.8) is 0 Å². The van der Waals surface area contributed by atoms with E-state index in [4.69, 9.17) is 0 Å². The molecule has 1 heterocycles. The topological polar surface area (TPSA) is 34.9 Å². The summed E-state index contributed by atoms with van der Waals surface area (Å²) in [5.74, 6) is -1.13. The maximum atomic E-state index is 14.3. The summed E-state index contributed by atoms with van der Waals surface area (Å²) in [6, 6.07) is 2.16. The first kappa shape index (κ1) is 16.6. The number of nitrogens with zero attached hydrogens (tertiary/aromatic N) is 2. The van der Waals surface area contributed by atoms with Crippen LogP contribution in [0.25, 0.3) is 17.3 Å². The normalized spacial score (nSPS) is 16.0. The van der Waals surface area contributed by atoms with Crippen LogP contribution in [0.2, 0.25) is 0 Å². The van der Waals surface area contributed by atoms with Crippen LogP contribution >= 0.6 is 0 Å². The van der Waals surface area contributed by atoms with Crippen molar-refractivity contribution in [1.29, 1.82) is 0 Å². The van der Waals surface area contributed by atoms with E-state index in [0.717, 1.165) is 44.2 Å². The van der Waals surface area contributed by atoms with E-state index in [2.05, 4.69) is 4.98 Å². The molecule has 0 unspecified atom stereocenters. The molecule has 0 aliphatic heterocycles. The van der Waals surface area contributed by atoms with E-state index in [1.54, 1.807) is 17.8 Å². The Bertz CT molecular complexity index is 774. The molecule has 1 aliphatic rings. The molecule has 1 fully saturated rings. The van der Waals surface area contributed by atoms with Crippen molar-refractivity contribution in [1.82, 2.24) is 9.55 Å². The van der Waals surface area contributed by atoms with Gasteiger partial charge in [-0.3, -0.25) is 4.79 Å². The van der Waals surface area contributed by atoms with Gasteiger partial charge in [0.05, 0.1) is 12.0 Å².